The lowest BCUT2D eigenvalue weighted by atomic mass is 10.2. The Labute approximate surface area is 154 Å². The van der Waals surface area contributed by atoms with Gasteiger partial charge in [0.05, 0.1) is 11.3 Å². The van der Waals surface area contributed by atoms with Gasteiger partial charge < -0.3 is 10.6 Å². The lowest BCUT2D eigenvalue weighted by molar-refractivity contribution is 1.11. The van der Waals surface area contributed by atoms with Crippen LogP contribution in [-0.4, -0.2) is 9.97 Å². The van der Waals surface area contributed by atoms with Crippen LogP contribution in [0, 0.1) is 25.2 Å². The summed E-state index contributed by atoms with van der Waals surface area (Å²) in [5.74, 6) is 1.13. The smallest absolute Gasteiger partial charge is 0.229 e. The van der Waals surface area contributed by atoms with Gasteiger partial charge >= 0.3 is 0 Å². The number of anilines is 4. The molecule has 5 nitrogen and oxygen atoms in total. The highest BCUT2D eigenvalue weighted by Gasteiger charge is 2.07. The summed E-state index contributed by atoms with van der Waals surface area (Å²) in [6.45, 7) is 3.94. The maximum Gasteiger partial charge on any atom is 0.229 e. The first kappa shape index (κ1) is 16.9. The van der Waals surface area contributed by atoms with Crippen LogP contribution in [0.5, 0.6) is 0 Å². The molecule has 0 fully saturated rings. The van der Waals surface area contributed by atoms with Crippen LogP contribution in [0.1, 0.15) is 16.8 Å². The topological polar surface area (TPSA) is 73.6 Å². The van der Waals surface area contributed by atoms with Crippen molar-refractivity contribution >= 4 is 39.1 Å². The molecule has 0 amide bonds. The molecule has 0 aliphatic carbocycles. The average Bonchev–Trinajstić information content (AvgIpc) is 2.58. The number of nitrogens with one attached hydrogen (secondary N) is 2. The first-order valence-corrected chi connectivity index (χ1v) is 8.49. The van der Waals surface area contributed by atoms with Gasteiger partial charge in [-0.25, -0.2) is 4.98 Å². The van der Waals surface area contributed by atoms with Gasteiger partial charge in [0.25, 0.3) is 0 Å². The van der Waals surface area contributed by atoms with Gasteiger partial charge in [-0.1, -0.05) is 28.1 Å². The van der Waals surface area contributed by atoms with Crippen LogP contribution in [0.3, 0.4) is 0 Å². The SMILES string of the molecule is Cc1cc(Nc2ccc(Br)c(C)c2)nc(Nc2ccccc2C#N)n1. The zero-order chi connectivity index (χ0) is 17.8. The van der Waals surface area contributed by atoms with Gasteiger partial charge in [0.1, 0.15) is 11.9 Å². The first-order chi connectivity index (χ1) is 12.0. The third-order valence-corrected chi connectivity index (χ3v) is 4.47. The predicted octanol–water partition coefficient (Wildman–Crippen LogP) is 5.21. The molecule has 2 N–H and O–H groups in total. The van der Waals surface area contributed by atoms with E-state index in [1.165, 1.54) is 0 Å². The molecular weight excluding hydrogens is 378 g/mol. The highest BCUT2D eigenvalue weighted by molar-refractivity contribution is 9.10. The summed E-state index contributed by atoms with van der Waals surface area (Å²) in [6.07, 6.45) is 0. The van der Waals surface area contributed by atoms with Gasteiger partial charge in [0, 0.05) is 21.9 Å². The van der Waals surface area contributed by atoms with E-state index in [2.05, 4.69) is 42.6 Å². The molecule has 3 rings (SSSR count). The summed E-state index contributed by atoms with van der Waals surface area (Å²) in [4.78, 5) is 8.90. The molecule has 124 valence electrons. The molecule has 0 bridgehead atoms. The van der Waals surface area contributed by atoms with E-state index in [1.54, 1.807) is 6.07 Å². The minimum atomic E-state index is 0.444. The minimum Gasteiger partial charge on any atom is -0.340 e. The zero-order valence-electron chi connectivity index (χ0n) is 13.8. The second-order valence-corrected chi connectivity index (χ2v) is 6.44. The van der Waals surface area contributed by atoms with Crippen molar-refractivity contribution in [1.29, 1.82) is 5.26 Å². The normalized spacial score (nSPS) is 10.2. The van der Waals surface area contributed by atoms with Crippen LogP contribution in [0.25, 0.3) is 0 Å². The summed E-state index contributed by atoms with van der Waals surface area (Å²) in [7, 11) is 0. The minimum absolute atomic E-state index is 0.444. The fraction of sp³-hybridized carbons (Fsp3) is 0.105. The van der Waals surface area contributed by atoms with E-state index in [1.807, 2.05) is 56.3 Å². The molecule has 2 aromatic carbocycles. The molecule has 0 unspecified atom stereocenters. The Bertz CT molecular complexity index is 962. The molecule has 0 aliphatic rings. The monoisotopic (exact) mass is 393 g/mol. The van der Waals surface area contributed by atoms with Crippen molar-refractivity contribution in [3.63, 3.8) is 0 Å². The number of nitriles is 1. The number of halogens is 1. The van der Waals surface area contributed by atoms with Crippen LogP contribution in [0.15, 0.2) is 53.0 Å². The fourth-order valence-corrected chi connectivity index (χ4v) is 2.62. The van der Waals surface area contributed by atoms with E-state index in [9.17, 15) is 5.26 Å². The largest absolute Gasteiger partial charge is 0.340 e. The van der Waals surface area contributed by atoms with E-state index in [4.69, 9.17) is 0 Å². The van der Waals surface area contributed by atoms with Crippen LogP contribution in [-0.2, 0) is 0 Å². The lowest BCUT2D eigenvalue weighted by Crippen LogP contribution is -2.03. The molecule has 0 saturated carbocycles. The Morgan fingerprint density at radius 2 is 1.80 bits per heavy atom. The van der Waals surface area contributed by atoms with Gasteiger partial charge in [-0.15, -0.1) is 0 Å². The maximum absolute atomic E-state index is 9.20. The van der Waals surface area contributed by atoms with E-state index >= 15 is 0 Å². The molecule has 0 aliphatic heterocycles. The second kappa shape index (κ2) is 7.32. The molecule has 0 atom stereocenters. The highest BCUT2D eigenvalue weighted by atomic mass is 79.9. The number of aromatic nitrogens is 2. The molecule has 1 aromatic heterocycles. The third kappa shape index (κ3) is 4.14. The molecule has 3 aromatic rings. The van der Waals surface area contributed by atoms with Crippen molar-refractivity contribution in [2.24, 2.45) is 0 Å². The predicted molar refractivity (Wildman–Crippen MR) is 103 cm³/mol. The van der Waals surface area contributed by atoms with Gasteiger partial charge in [0.15, 0.2) is 0 Å². The Morgan fingerprint density at radius 1 is 1.00 bits per heavy atom. The molecule has 0 spiro atoms. The summed E-state index contributed by atoms with van der Waals surface area (Å²) >= 11 is 3.50. The molecule has 0 saturated heterocycles. The van der Waals surface area contributed by atoms with Crippen molar-refractivity contribution in [1.82, 2.24) is 9.97 Å². The molecule has 25 heavy (non-hydrogen) atoms. The second-order valence-electron chi connectivity index (χ2n) is 5.59. The first-order valence-electron chi connectivity index (χ1n) is 7.70. The van der Waals surface area contributed by atoms with Gasteiger partial charge in [0.2, 0.25) is 5.95 Å². The maximum atomic E-state index is 9.20. The average molecular weight is 394 g/mol. The Balaban J connectivity index is 1.88. The summed E-state index contributed by atoms with van der Waals surface area (Å²) in [5, 5.41) is 15.6. The summed E-state index contributed by atoms with van der Waals surface area (Å²) in [5.41, 5.74) is 4.13. The van der Waals surface area contributed by atoms with Crippen LogP contribution in [0.4, 0.5) is 23.1 Å². The third-order valence-electron chi connectivity index (χ3n) is 3.58. The van der Waals surface area contributed by atoms with Crippen LogP contribution in [0.2, 0.25) is 0 Å². The van der Waals surface area contributed by atoms with Crippen LogP contribution < -0.4 is 10.6 Å². The van der Waals surface area contributed by atoms with Crippen molar-refractivity contribution in [3.05, 3.63) is 69.8 Å². The number of aryl methyl sites for hydroxylation is 2. The Morgan fingerprint density at radius 3 is 2.56 bits per heavy atom. The van der Waals surface area contributed by atoms with E-state index < -0.39 is 0 Å². The van der Waals surface area contributed by atoms with Gasteiger partial charge in [-0.3, -0.25) is 0 Å². The quantitative estimate of drug-likeness (QED) is 0.635. The summed E-state index contributed by atoms with van der Waals surface area (Å²) < 4.78 is 1.06. The van der Waals surface area contributed by atoms with Crippen molar-refractivity contribution in [3.8, 4) is 6.07 Å². The number of benzene rings is 2. The molecule has 1 heterocycles. The molecular formula is C19H16BrN5. The number of hydrogen-bond donors (Lipinski definition) is 2. The molecule has 0 radical (unpaired) electrons. The summed E-state index contributed by atoms with van der Waals surface area (Å²) in [6, 6.07) is 17.3. The van der Waals surface area contributed by atoms with Crippen molar-refractivity contribution < 1.29 is 0 Å². The van der Waals surface area contributed by atoms with Crippen LogP contribution >= 0.6 is 15.9 Å². The van der Waals surface area contributed by atoms with Crippen molar-refractivity contribution in [2.75, 3.05) is 10.6 Å². The van der Waals surface area contributed by atoms with E-state index in [0.717, 1.165) is 21.4 Å². The lowest BCUT2D eigenvalue weighted by Gasteiger charge is -2.11. The van der Waals surface area contributed by atoms with Gasteiger partial charge in [-0.05, 0) is 49.7 Å². The van der Waals surface area contributed by atoms with Gasteiger partial charge in [-0.2, -0.15) is 10.2 Å². The molecule has 6 heteroatoms. The zero-order valence-corrected chi connectivity index (χ0v) is 15.4. The number of hydrogen-bond acceptors (Lipinski definition) is 5. The van der Waals surface area contributed by atoms with Crippen molar-refractivity contribution in [2.45, 2.75) is 13.8 Å². The van der Waals surface area contributed by atoms with E-state index in [-0.39, 0.29) is 0 Å². The highest BCUT2D eigenvalue weighted by Crippen LogP contribution is 2.24. The number of rotatable bonds is 4. The fourth-order valence-electron chi connectivity index (χ4n) is 2.37. The number of para-hydroxylation sites is 1. The standard InChI is InChI=1S/C19H16BrN5/c1-12-9-15(7-8-16(12)20)23-18-10-13(2)22-19(25-18)24-17-6-4-3-5-14(17)11-21/h3-10H,1-2H3,(H2,22,23,24,25). The number of nitrogens with zero attached hydrogens (tertiary/aromatic N) is 3. The Hall–Kier alpha value is -2.91. The Kier molecular flexibility index (Phi) is 4.96. The van der Waals surface area contributed by atoms with E-state index in [0.29, 0.717) is 23.0 Å².